The van der Waals surface area contributed by atoms with Gasteiger partial charge in [0.25, 0.3) is 0 Å². The third-order valence-corrected chi connectivity index (χ3v) is 5.17. The molecule has 3 aromatic rings. The molecule has 2 N–H and O–H groups in total. The Bertz CT molecular complexity index is 1000. The van der Waals surface area contributed by atoms with Crippen LogP contribution in [0.4, 0.5) is 11.5 Å². The van der Waals surface area contributed by atoms with E-state index in [0.717, 1.165) is 65.5 Å². The number of hydrogen-bond donors (Lipinski definition) is 2. The second-order valence-electron chi connectivity index (χ2n) is 6.83. The molecule has 0 saturated carbocycles. The van der Waals surface area contributed by atoms with Gasteiger partial charge in [0.15, 0.2) is 0 Å². The van der Waals surface area contributed by atoms with E-state index in [1.165, 1.54) is 0 Å². The minimum atomic E-state index is 0.265. The van der Waals surface area contributed by atoms with Crippen LogP contribution in [0.5, 0.6) is 5.75 Å². The molecule has 1 fully saturated rings. The van der Waals surface area contributed by atoms with Crippen LogP contribution in [0.25, 0.3) is 16.6 Å². The maximum absolute atomic E-state index is 9.96. The van der Waals surface area contributed by atoms with Gasteiger partial charge < -0.3 is 24.6 Å². The highest BCUT2D eigenvalue weighted by Gasteiger charge is 2.19. The number of fused-ring (bicyclic) bond motifs is 1. The van der Waals surface area contributed by atoms with Crippen LogP contribution < -0.4 is 5.32 Å². The molecule has 1 saturated heterocycles. The average molecular weight is 364 g/mol. The van der Waals surface area contributed by atoms with E-state index in [1.807, 2.05) is 38.5 Å². The molecule has 0 amide bonds. The van der Waals surface area contributed by atoms with Crippen molar-refractivity contribution in [2.24, 2.45) is 7.05 Å². The smallest absolute Gasteiger partial charge is 0.139 e. The van der Waals surface area contributed by atoms with Crippen molar-refractivity contribution in [2.45, 2.75) is 6.92 Å². The molecule has 6 nitrogen and oxygen atoms in total. The van der Waals surface area contributed by atoms with Crippen LogP contribution in [0.2, 0.25) is 0 Å². The number of benzene rings is 1. The standard InChI is InChI=1S/C21H24N4O2/c1-14-18(5-4-6-19(14)26)23-21-16-7-8-24(3)20(16)17(13-22-21)15(2)25-9-11-27-12-10-25/h4-8,13,26H,2,9-12H2,1,3H3,(H,22,23). The fourth-order valence-corrected chi connectivity index (χ4v) is 3.52. The van der Waals surface area contributed by atoms with Gasteiger partial charge in [-0.15, -0.1) is 0 Å². The lowest BCUT2D eigenvalue weighted by Gasteiger charge is -2.31. The summed E-state index contributed by atoms with van der Waals surface area (Å²) in [5, 5.41) is 14.4. The molecule has 2 aromatic heterocycles. The van der Waals surface area contributed by atoms with Crippen LogP contribution >= 0.6 is 0 Å². The van der Waals surface area contributed by atoms with E-state index < -0.39 is 0 Å². The first kappa shape index (κ1) is 17.4. The van der Waals surface area contributed by atoms with Crippen molar-refractivity contribution in [3.8, 4) is 5.75 Å². The zero-order valence-corrected chi connectivity index (χ0v) is 15.7. The predicted octanol–water partition coefficient (Wildman–Crippen LogP) is 3.63. The van der Waals surface area contributed by atoms with Crippen LogP contribution in [0, 0.1) is 6.92 Å². The summed E-state index contributed by atoms with van der Waals surface area (Å²) < 4.78 is 7.55. The van der Waals surface area contributed by atoms with Crippen molar-refractivity contribution >= 4 is 28.1 Å². The predicted molar refractivity (Wildman–Crippen MR) is 108 cm³/mol. The van der Waals surface area contributed by atoms with Crippen LogP contribution in [0.15, 0.2) is 43.2 Å². The van der Waals surface area contributed by atoms with Gasteiger partial charge in [0, 0.05) is 60.4 Å². The third kappa shape index (κ3) is 3.13. The zero-order chi connectivity index (χ0) is 19.0. The van der Waals surface area contributed by atoms with Gasteiger partial charge in [-0.25, -0.2) is 4.98 Å². The fourth-order valence-electron chi connectivity index (χ4n) is 3.52. The highest BCUT2D eigenvalue weighted by molar-refractivity contribution is 5.98. The van der Waals surface area contributed by atoms with Crippen molar-refractivity contribution < 1.29 is 9.84 Å². The highest BCUT2D eigenvalue weighted by Crippen LogP contribution is 2.33. The number of phenolic OH excluding ortho intramolecular Hbond substituents is 1. The molecule has 0 spiro atoms. The van der Waals surface area contributed by atoms with Crippen LogP contribution in [0.3, 0.4) is 0 Å². The fraction of sp³-hybridized carbons (Fsp3) is 0.286. The van der Waals surface area contributed by atoms with Gasteiger partial charge in [-0.1, -0.05) is 12.6 Å². The molecule has 1 aromatic carbocycles. The number of aromatic hydroxyl groups is 1. The first-order valence-electron chi connectivity index (χ1n) is 9.08. The topological polar surface area (TPSA) is 62.6 Å². The SMILES string of the molecule is C=C(c1cnc(Nc2cccc(O)c2C)c2ccn(C)c12)N1CCOCC1. The lowest BCUT2D eigenvalue weighted by Crippen LogP contribution is -2.34. The Balaban J connectivity index is 1.75. The maximum Gasteiger partial charge on any atom is 0.139 e. The lowest BCUT2D eigenvalue weighted by atomic mass is 10.1. The molecule has 0 radical (unpaired) electrons. The second kappa shape index (κ2) is 6.96. The Hall–Kier alpha value is -2.99. The molecule has 3 heterocycles. The monoisotopic (exact) mass is 364 g/mol. The second-order valence-corrected chi connectivity index (χ2v) is 6.83. The Kier molecular flexibility index (Phi) is 4.49. The summed E-state index contributed by atoms with van der Waals surface area (Å²) in [6.07, 6.45) is 3.91. The summed E-state index contributed by atoms with van der Waals surface area (Å²) in [5.41, 5.74) is 4.72. The summed E-state index contributed by atoms with van der Waals surface area (Å²) in [5.74, 6) is 1.03. The molecular weight excluding hydrogens is 340 g/mol. The van der Waals surface area contributed by atoms with Crippen molar-refractivity contribution in [3.63, 3.8) is 0 Å². The summed E-state index contributed by atoms with van der Waals surface area (Å²) in [6.45, 7) is 9.33. The van der Waals surface area contributed by atoms with Gasteiger partial charge in [0.1, 0.15) is 11.6 Å². The van der Waals surface area contributed by atoms with E-state index in [4.69, 9.17) is 4.74 Å². The quantitative estimate of drug-likeness (QED) is 0.740. The highest BCUT2D eigenvalue weighted by atomic mass is 16.5. The Labute approximate surface area is 158 Å². The van der Waals surface area contributed by atoms with Crippen molar-refractivity contribution in [1.82, 2.24) is 14.5 Å². The van der Waals surface area contributed by atoms with E-state index >= 15 is 0 Å². The lowest BCUT2D eigenvalue weighted by molar-refractivity contribution is 0.0641. The van der Waals surface area contributed by atoms with Crippen molar-refractivity contribution in [2.75, 3.05) is 31.6 Å². The molecule has 0 unspecified atom stereocenters. The Morgan fingerprint density at radius 1 is 1.26 bits per heavy atom. The van der Waals surface area contributed by atoms with Gasteiger partial charge in [0.05, 0.1) is 18.7 Å². The summed E-state index contributed by atoms with van der Waals surface area (Å²) >= 11 is 0. The number of rotatable bonds is 4. The Morgan fingerprint density at radius 2 is 2.04 bits per heavy atom. The van der Waals surface area contributed by atoms with E-state index in [1.54, 1.807) is 6.07 Å². The number of aromatic nitrogens is 2. The van der Waals surface area contributed by atoms with Gasteiger partial charge >= 0.3 is 0 Å². The summed E-state index contributed by atoms with van der Waals surface area (Å²) in [7, 11) is 2.03. The molecule has 6 heteroatoms. The largest absolute Gasteiger partial charge is 0.508 e. The van der Waals surface area contributed by atoms with Gasteiger partial charge in [-0.2, -0.15) is 0 Å². The zero-order valence-electron chi connectivity index (χ0n) is 15.7. The third-order valence-electron chi connectivity index (χ3n) is 5.17. The Morgan fingerprint density at radius 3 is 2.81 bits per heavy atom. The number of nitrogens with zero attached hydrogens (tertiary/aromatic N) is 3. The number of morpholine rings is 1. The first-order chi connectivity index (χ1) is 13.1. The van der Waals surface area contributed by atoms with E-state index in [-0.39, 0.29) is 5.75 Å². The van der Waals surface area contributed by atoms with E-state index in [0.29, 0.717) is 0 Å². The van der Waals surface area contributed by atoms with Gasteiger partial charge in [0.2, 0.25) is 0 Å². The molecule has 4 rings (SSSR count). The molecule has 27 heavy (non-hydrogen) atoms. The number of aryl methyl sites for hydroxylation is 1. The number of nitrogens with one attached hydrogen (secondary N) is 1. The summed E-state index contributed by atoms with van der Waals surface area (Å²) in [4.78, 5) is 6.93. The molecule has 1 aliphatic rings. The molecule has 0 bridgehead atoms. The summed E-state index contributed by atoms with van der Waals surface area (Å²) in [6, 6.07) is 7.49. The average Bonchev–Trinajstić information content (AvgIpc) is 3.08. The van der Waals surface area contributed by atoms with Crippen LogP contribution in [-0.2, 0) is 11.8 Å². The first-order valence-corrected chi connectivity index (χ1v) is 9.08. The molecular formula is C21H24N4O2. The maximum atomic E-state index is 9.96. The molecule has 1 aliphatic heterocycles. The number of anilines is 2. The number of ether oxygens (including phenoxy) is 1. The van der Waals surface area contributed by atoms with E-state index in [9.17, 15) is 5.11 Å². The van der Waals surface area contributed by atoms with Crippen molar-refractivity contribution in [3.05, 3.63) is 54.4 Å². The van der Waals surface area contributed by atoms with Gasteiger partial charge in [-0.3, -0.25) is 0 Å². The van der Waals surface area contributed by atoms with Crippen LogP contribution in [-0.4, -0.2) is 45.9 Å². The number of phenols is 1. The number of hydrogen-bond acceptors (Lipinski definition) is 5. The molecule has 140 valence electrons. The number of pyridine rings is 1. The minimum absolute atomic E-state index is 0.265. The van der Waals surface area contributed by atoms with Crippen molar-refractivity contribution in [1.29, 1.82) is 0 Å². The minimum Gasteiger partial charge on any atom is -0.508 e. The normalized spacial score (nSPS) is 14.5. The molecule has 0 atom stereocenters. The molecule has 0 aliphatic carbocycles. The van der Waals surface area contributed by atoms with Gasteiger partial charge in [-0.05, 0) is 25.1 Å². The van der Waals surface area contributed by atoms with E-state index in [2.05, 4.69) is 32.4 Å². The van der Waals surface area contributed by atoms with Crippen LogP contribution in [0.1, 0.15) is 11.1 Å².